The van der Waals surface area contributed by atoms with E-state index in [-0.39, 0.29) is 6.04 Å². The Morgan fingerprint density at radius 3 is 2.80 bits per heavy atom. The number of hydrogen-bond donors (Lipinski definition) is 0. The Kier molecular flexibility index (Phi) is 4.78. The second kappa shape index (κ2) is 6.59. The Balaban J connectivity index is 1.82. The van der Waals surface area contributed by atoms with Gasteiger partial charge in [-0.05, 0) is 19.3 Å². The summed E-state index contributed by atoms with van der Waals surface area (Å²) in [5.41, 5.74) is 1.49. The lowest BCUT2D eigenvalue weighted by molar-refractivity contribution is -0.157. The molecule has 9 heteroatoms. The van der Waals surface area contributed by atoms with Gasteiger partial charge in [0.1, 0.15) is 0 Å². The summed E-state index contributed by atoms with van der Waals surface area (Å²) in [5.74, 6) is -0.949. The molecule has 0 saturated carbocycles. The zero-order valence-electron chi connectivity index (χ0n) is 13.7. The number of methoxy groups -OCH3 is 1. The van der Waals surface area contributed by atoms with E-state index in [1.807, 2.05) is 5.38 Å². The number of thiazole rings is 1. The summed E-state index contributed by atoms with van der Waals surface area (Å²) in [6.07, 6.45) is -4.02. The molecule has 0 radical (unpaired) electrons. The van der Waals surface area contributed by atoms with E-state index in [9.17, 15) is 22.8 Å². The highest BCUT2D eigenvalue weighted by molar-refractivity contribution is 7.07. The van der Waals surface area contributed by atoms with Crippen LogP contribution in [0.3, 0.4) is 0 Å². The van der Waals surface area contributed by atoms with E-state index in [0.717, 1.165) is 5.69 Å². The maximum Gasteiger partial charge on any atom is 0.389 e. The molecular weight excluding hydrogens is 357 g/mol. The number of carbonyl (C=O) groups excluding carboxylic acids is 2. The van der Waals surface area contributed by atoms with E-state index in [0.29, 0.717) is 25.7 Å². The van der Waals surface area contributed by atoms with Gasteiger partial charge in [0.05, 0.1) is 30.2 Å². The lowest BCUT2D eigenvalue weighted by Gasteiger charge is -2.34. The zero-order valence-corrected chi connectivity index (χ0v) is 14.5. The van der Waals surface area contributed by atoms with Gasteiger partial charge in [-0.2, -0.15) is 13.2 Å². The Morgan fingerprint density at radius 1 is 1.44 bits per heavy atom. The first kappa shape index (κ1) is 18.2. The predicted octanol–water partition coefficient (Wildman–Crippen LogP) is 2.95. The van der Waals surface area contributed by atoms with Crippen molar-refractivity contribution in [2.75, 3.05) is 7.11 Å². The SMILES string of the molecule is COC(=O)[C@@]1(Cc2cscn2)C[C@H]2CC[C@@H]1N2C(=O)CCC(F)(F)F. The van der Waals surface area contributed by atoms with Crippen LogP contribution in [0.25, 0.3) is 0 Å². The Labute approximate surface area is 147 Å². The fourth-order valence-corrected chi connectivity index (χ4v) is 4.83. The quantitative estimate of drug-likeness (QED) is 0.742. The Bertz CT molecular complexity index is 650. The van der Waals surface area contributed by atoms with Crippen molar-refractivity contribution < 1.29 is 27.5 Å². The molecule has 2 bridgehead atoms. The molecule has 1 aromatic heterocycles. The number of ether oxygens (including phenoxy) is 1. The number of carbonyl (C=O) groups is 2. The van der Waals surface area contributed by atoms with Gasteiger partial charge in [0, 0.05) is 30.3 Å². The molecule has 25 heavy (non-hydrogen) atoms. The molecular formula is C16H19F3N2O3S. The van der Waals surface area contributed by atoms with Crippen LogP contribution in [0.5, 0.6) is 0 Å². The van der Waals surface area contributed by atoms with Crippen LogP contribution in [0.15, 0.2) is 10.9 Å². The Hall–Kier alpha value is -1.64. The second-order valence-electron chi connectivity index (χ2n) is 6.67. The Morgan fingerprint density at radius 2 is 2.20 bits per heavy atom. The first-order valence-electron chi connectivity index (χ1n) is 8.10. The van der Waals surface area contributed by atoms with E-state index < -0.39 is 42.4 Å². The molecule has 0 unspecified atom stereocenters. The molecule has 0 aromatic carbocycles. The number of alkyl halides is 3. The summed E-state index contributed by atoms with van der Waals surface area (Å²) in [6, 6.07) is -0.629. The predicted molar refractivity (Wildman–Crippen MR) is 83.8 cm³/mol. The van der Waals surface area contributed by atoms with Gasteiger partial charge in [-0.25, -0.2) is 4.98 Å². The van der Waals surface area contributed by atoms with Crippen LogP contribution in [0, 0.1) is 5.41 Å². The largest absolute Gasteiger partial charge is 0.469 e. The third kappa shape index (κ3) is 3.38. The van der Waals surface area contributed by atoms with Gasteiger partial charge in [0.2, 0.25) is 5.91 Å². The van der Waals surface area contributed by atoms with Crippen LogP contribution in [0.4, 0.5) is 13.2 Å². The summed E-state index contributed by atoms with van der Waals surface area (Å²) in [5, 5.41) is 1.84. The molecule has 0 spiro atoms. The molecule has 2 saturated heterocycles. The number of esters is 1. The molecule has 5 nitrogen and oxygen atoms in total. The lowest BCUT2D eigenvalue weighted by atomic mass is 9.71. The monoisotopic (exact) mass is 376 g/mol. The summed E-state index contributed by atoms with van der Waals surface area (Å²) < 4.78 is 42.3. The maximum atomic E-state index is 12.6. The minimum atomic E-state index is -4.37. The number of fused-ring (bicyclic) bond motifs is 2. The highest BCUT2D eigenvalue weighted by atomic mass is 32.1. The van der Waals surface area contributed by atoms with E-state index in [1.165, 1.54) is 23.3 Å². The molecule has 2 aliphatic heterocycles. The van der Waals surface area contributed by atoms with Crippen molar-refractivity contribution in [1.29, 1.82) is 0 Å². The smallest absolute Gasteiger partial charge is 0.389 e. The van der Waals surface area contributed by atoms with Crippen molar-refractivity contribution in [3.05, 3.63) is 16.6 Å². The van der Waals surface area contributed by atoms with Crippen LogP contribution in [0.2, 0.25) is 0 Å². The van der Waals surface area contributed by atoms with Gasteiger partial charge < -0.3 is 9.64 Å². The third-order valence-corrected chi connectivity index (χ3v) is 5.86. The van der Waals surface area contributed by atoms with Crippen molar-refractivity contribution in [2.45, 2.75) is 56.8 Å². The molecule has 138 valence electrons. The van der Waals surface area contributed by atoms with Crippen LogP contribution in [-0.4, -0.2) is 47.1 Å². The fraction of sp³-hybridized carbons (Fsp3) is 0.688. The van der Waals surface area contributed by atoms with Crippen LogP contribution in [0.1, 0.15) is 37.8 Å². The van der Waals surface area contributed by atoms with Crippen LogP contribution in [-0.2, 0) is 20.7 Å². The number of hydrogen-bond acceptors (Lipinski definition) is 5. The van der Waals surface area contributed by atoms with Gasteiger partial charge in [-0.15, -0.1) is 11.3 Å². The van der Waals surface area contributed by atoms with Crippen molar-refractivity contribution >= 4 is 23.2 Å². The summed E-state index contributed by atoms with van der Waals surface area (Å²) in [4.78, 5) is 30.7. The molecule has 2 aliphatic rings. The second-order valence-corrected chi connectivity index (χ2v) is 7.39. The van der Waals surface area contributed by atoms with Crippen LogP contribution >= 0.6 is 11.3 Å². The molecule has 1 amide bonds. The van der Waals surface area contributed by atoms with Crippen molar-refractivity contribution in [3.8, 4) is 0 Å². The molecule has 2 fully saturated rings. The number of rotatable bonds is 5. The van der Waals surface area contributed by atoms with Gasteiger partial charge in [-0.1, -0.05) is 0 Å². The third-order valence-electron chi connectivity index (χ3n) is 5.22. The van der Waals surface area contributed by atoms with Gasteiger partial charge in [0.15, 0.2) is 0 Å². The number of halogens is 3. The molecule has 3 atom stereocenters. The normalized spacial score (nSPS) is 28.4. The topological polar surface area (TPSA) is 59.5 Å². The number of aromatic nitrogens is 1. The molecule has 3 rings (SSSR count). The summed E-state index contributed by atoms with van der Waals surface area (Å²) in [6.45, 7) is 0. The molecule has 3 heterocycles. The standard InChI is InChI=1S/C16H19F3N2O3S/c1-24-14(23)15(6-10-8-25-9-20-10)7-11-2-3-12(15)21(11)13(22)4-5-16(17,18)19/h8-9,11-12H,2-7H2,1H3/t11-,12+,15+/m1/s1. The minimum absolute atomic E-state index is 0.205. The first-order valence-corrected chi connectivity index (χ1v) is 9.04. The first-order chi connectivity index (χ1) is 11.8. The summed E-state index contributed by atoms with van der Waals surface area (Å²) >= 11 is 1.41. The average molecular weight is 376 g/mol. The maximum absolute atomic E-state index is 12.6. The fourth-order valence-electron chi connectivity index (χ4n) is 4.27. The molecule has 1 aromatic rings. The van der Waals surface area contributed by atoms with Crippen molar-refractivity contribution in [2.24, 2.45) is 5.41 Å². The number of nitrogens with zero attached hydrogens (tertiary/aromatic N) is 2. The average Bonchev–Trinajstić information content (AvgIpc) is 3.26. The van der Waals surface area contributed by atoms with E-state index in [1.54, 1.807) is 5.51 Å². The minimum Gasteiger partial charge on any atom is -0.469 e. The van der Waals surface area contributed by atoms with E-state index in [4.69, 9.17) is 4.74 Å². The van der Waals surface area contributed by atoms with E-state index in [2.05, 4.69) is 4.98 Å². The summed E-state index contributed by atoms with van der Waals surface area (Å²) in [7, 11) is 1.30. The molecule has 0 aliphatic carbocycles. The van der Waals surface area contributed by atoms with Crippen molar-refractivity contribution in [3.63, 3.8) is 0 Å². The van der Waals surface area contributed by atoms with E-state index >= 15 is 0 Å². The van der Waals surface area contributed by atoms with Gasteiger partial charge in [-0.3, -0.25) is 9.59 Å². The highest BCUT2D eigenvalue weighted by Gasteiger charge is 2.62. The van der Waals surface area contributed by atoms with Crippen molar-refractivity contribution in [1.82, 2.24) is 9.88 Å². The highest BCUT2D eigenvalue weighted by Crippen LogP contribution is 2.52. The molecule has 0 N–H and O–H groups in total. The number of amides is 1. The zero-order chi connectivity index (χ0) is 18.2. The van der Waals surface area contributed by atoms with Gasteiger partial charge in [0.25, 0.3) is 0 Å². The lowest BCUT2D eigenvalue weighted by Crippen LogP contribution is -2.47. The van der Waals surface area contributed by atoms with Crippen LogP contribution < -0.4 is 0 Å². The van der Waals surface area contributed by atoms with Gasteiger partial charge >= 0.3 is 12.1 Å².